The van der Waals surface area contributed by atoms with Gasteiger partial charge < -0.3 is 5.32 Å². The molecule has 0 bridgehead atoms. The van der Waals surface area contributed by atoms with Crippen LogP contribution in [0, 0.1) is 0 Å². The Morgan fingerprint density at radius 3 is 2.39 bits per heavy atom. The highest BCUT2D eigenvalue weighted by Gasteiger charge is 2.51. The van der Waals surface area contributed by atoms with Gasteiger partial charge in [-0.2, -0.15) is 13.2 Å². The SMILES string of the molecule is O=C(Nc1cccc(C(F)(F)F)c1)C1(c2cccc(Cl)c2)CC1. The number of benzene rings is 2. The summed E-state index contributed by atoms with van der Waals surface area (Å²) < 4.78 is 38.2. The van der Waals surface area contributed by atoms with Crippen LogP contribution in [-0.4, -0.2) is 5.91 Å². The maximum absolute atomic E-state index is 12.7. The van der Waals surface area contributed by atoms with E-state index in [1.165, 1.54) is 12.1 Å². The van der Waals surface area contributed by atoms with Crippen LogP contribution in [0.3, 0.4) is 0 Å². The first-order valence-corrected chi connectivity index (χ1v) is 7.44. The van der Waals surface area contributed by atoms with Crippen molar-refractivity contribution in [3.05, 3.63) is 64.7 Å². The van der Waals surface area contributed by atoms with Gasteiger partial charge in [0.15, 0.2) is 0 Å². The summed E-state index contributed by atoms with van der Waals surface area (Å²) in [5.41, 5.74) is -0.561. The largest absolute Gasteiger partial charge is 0.416 e. The number of carbonyl (C=O) groups excluding carboxylic acids is 1. The third-order valence-corrected chi connectivity index (χ3v) is 4.24. The fourth-order valence-electron chi connectivity index (χ4n) is 2.58. The van der Waals surface area contributed by atoms with Crippen molar-refractivity contribution in [2.75, 3.05) is 5.32 Å². The molecule has 23 heavy (non-hydrogen) atoms. The molecule has 1 aliphatic rings. The van der Waals surface area contributed by atoms with Crippen molar-refractivity contribution in [3.63, 3.8) is 0 Å². The third-order valence-electron chi connectivity index (χ3n) is 4.01. The average molecular weight is 340 g/mol. The maximum atomic E-state index is 12.7. The average Bonchev–Trinajstić information content (AvgIpc) is 3.28. The molecule has 0 heterocycles. The van der Waals surface area contributed by atoms with Crippen LogP contribution in [0.5, 0.6) is 0 Å². The summed E-state index contributed by atoms with van der Waals surface area (Å²) in [7, 11) is 0. The molecule has 1 saturated carbocycles. The van der Waals surface area contributed by atoms with Crippen LogP contribution >= 0.6 is 11.6 Å². The Bertz CT molecular complexity index is 753. The summed E-state index contributed by atoms with van der Waals surface area (Å²) in [5, 5.41) is 3.12. The van der Waals surface area contributed by atoms with Crippen molar-refractivity contribution < 1.29 is 18.0 Å². The topological polar surface area (TPSA) is 29.1 Å². The van der Waals surface area contributed by atoms with E-state index in [4.69, 9.17) is 11.6 Å². The molecule has 0 aromatic heterocycles. The number of halogens is 4. The van der Waals surface area contributed by atoms with Gasteiger partial charge >= 0.3 is 6.18 Å². The number of hydrogen-bond donors (Lipinski definition) is 1. The standard InChI is InChI=1S/C17H13ClF3NO/c18-13-5-1-3-11(9-13)16(7-8-16)15(23)22-14-6-2-4-12(10-14)17(19,20)21/h1-6,9-10H,7-8H2,(H,22,23). The molecule has 0 unspecified atom stereocenters. The Hall–Kier alpha value is -2.01. The normalized spacial score (nSPS) is 16.0. The zero-order valence-electron chi connectivity index (χ0n) is 12.0. The Morgan fingerprint density at radius 2 is 1.78 bits per heavy atom. The van der Waals surface area contributed by atoms with Crippen molar-refractivity contribution in [1.29, 1.82) is 0 Å². The van der Waals surface area contributed by atoms with E-state index in [0.717, 1.165) is 17.7 Å². The minimum Gasteiger partial charge on any atom is -0.325 e. The van der Waals surface area contributed by atoms with Crippen LogP contribution in [0.25, 0.3) is 0 Å². The lowest BCUT2D eigenvalue weighted by Gasteiger charge is -2.17. The van der Waals surface area contributed by atoms with Crippen LogP contribution in [0.15, 0.2) is 48.5 Å². The molecular weight excluding hydrogens is 327 g/mol. The van der Waals surface area contributed by atoms with Gasteiger partial charge in [0.25, 0.3) is 0 Å². The third kappa shape index (κ3) is 3.20. The molecule has 6 heteroatoms. The molecule has 1 amide bonds. The summed E-state index contributed by atoms with van der Waals surface area (Å²) >= 11 is 5.96. The number of carbonyl (C=O) groups is 1. The van der Waals surface area contributed by atoms with E-state index in [1.54, 1.807) is 18.2 Å². The number of anilines is 1. The van der Waals surface area contributed by atoms with Crippen molar-refractivity contribution in [3.8, 4) is 0 Å². The van der Waals surface area contributed by atoms with Gasteiger partial charge in [0.05, 0.1) is 11.0 Å². The minimum atomic E-state index is -4.44. The number of hydrogen-bond acceptors (Lipinski definition) is 1. The fourth-order valence-corrected chi connectivity index (χ4v) is 2.77. The lowest BCUT2D eigenvalue weighted by atomic mass is 9.95. The van der Waals surface area contributed by atoms with Crippen molar-refractivity contribution >= 4 is 23.2 Å². The number of nitrogens with one attached hydrogen (secondary N) is 1. The van der Waals surface area contributed by atoms with E-state index in [0.29, 0.717) is 17.9 Å². The van der Waals surface area contributed by atoms with Crippen LogP contribution in [0.2, 0.25) is 5.02 Å². The summed E-state index contributed by atoms with van der Waals surface area (Å²) in [4.78, 5) is 12.5. The molecule has 0 saturated heterocycles. The highest BCUT2D eigenvalue weighted by atomic mass is 35.5. The molecule has 2 nitrogen and oxygen atoms in total. The molecule has 2 aromatic carbocycles. The van der Waals surface area contributed by atoms with Gasteiger partial charge in [0.1, 0.15) is 0 Å². The summed E-state index contributed by atoms with van der Waals surface area (Å²) in [5.74, 6) is -0.306. The van der Waals surface area contributed by atoms with Crippen molar-refractivity contribution in [2.45, 2.75) is 24.4 Å². The lowest BCUT2D eigenvalue weighted by molar-refractivity contribution is -0.137. The van der Waals surface area contributed by atoms with Gasteiger partial charge in [-0.3, -0.25) is 4.79 Å². The van der Waals surface area contributed by atoms with Crippen molar-refractivity contribution in [2.24, 2.45) is 0 Å². The van der Waals surface area contributed by atoms with Gasteiger partial charge in [-0.25, -0.2) is 0 Å². The smallest absolute Gasteiger partial charge is 0.325 e. The predicted octanol–water partition coefficient (Wildman–Crippen LogP) is 5.03. The quantitative estimate of drug-likeness (QED) is 0.835. The summed E-state index contributed by atoms with van der Waals surface area (Å²) in [6.45, 7) is 0. The molecule has 0 aliphatic heterocycles. The van der Waals surface area contributed by atoms with E-state index in [2.05, 4.69) is 5.32 Å². The highest BCUT2D eigenvalue weighted by molar-refractivity contribution is 6.30. The van der Waals surface area contributed by atoms with Gasteiger partial charge in [-0.1, -0.05) is 29.8 Å². The predicted molar refractivity (Wildman–Crippen MR) is 82.4 cm³/mol. The molecule has 2 aromatic rings. The van der Waals surface area contributed by atoms with Crippen LogP contribution < -0.4 is 5.32 Å². The molecule has 1 fully saturated rings. The Kier molecular flexibility index (Phi) is 3.84. The number of alkyl halides is 3. The second-order valence-corrected chi connectivity index (χ2v) is 6.06. The Balaban J connectivity index is 1.82. The zero-order chi connectivity index (χ0) is 16.7. The van der Waals surface area contributed by atoms with E-state index in [1.807, 2.05) is 6.07 Å². The lowest BCUT2D eigenvalue weighted by Crippen LogP contribution is -2.27. The second-order valence-electron chi connectivity index (χ2n) is 5.63. The second kappa shape index (κ2) is 5.57. The maximum Gasteiger partial charge on any atom is 0.416 e. The first kappa shape index (κ1) is 15.9. The monoisotopic (exact) mass is 339 g/mol. The van der Waals surface area contributed by atoms with Gasteiger partial charge in [-0.05, 0) is 48.7 Å². The highest BCUT2D eigenvalue weighted by Crippen LogP contribution is 2.49. The van der Waals surface area contributed by atoms with Gasteiger partial charge in [-0.15, -0.1) is 0 Å². The van der Waals surface area contributed by atoms with Crippen LogP contribution in [0.4, 0.5) is 18.9 Å². The molecule has 0 spiro atoms. The first-order chi connectivity index (χ1) is 10.8. The van der Waals surface area contributed by atoms with Crippen LogP contribution in [-0.2, 0) is 16.4 Å². The molecule has 1 aliphatic carbocycles. The molecule has 1 N–H and O–H groups in total. The molecule has 0 radical (unpaired) electrons. The van der Waals surface area contributed by atoms with Gasteiger partial charge in [0, 0.05) is 10.7 Å². The number of amides is 1. The fraction of sp³-hybridized carbons (Fsp3) is 0.235. The van der Waals surface area contributed by atoms with E-state index in [9.17, 15) is 18.0 Å². The summed E-state index contributed by atoms with van der Waals surface area (Å²) in [6, 6.07) is 11.6. The molecular formula is C17H13ClF3NO. The molecule has 120 valence electrons. The summed E-state index contributed by atoms with van der Waals surface area (Å²) in [6.07, 6.45) is -3.14. The van der Waals surface area contributed by atoms with E-state index < -0.39 is 17.2 Å². The van der Waals surface area contributed by atoms with Crippen molar-refractivity contribution in [1.82, 2.24) is 0 Å². The zero-order valence-corrected chi connectivity index (χ0v) is 12.7. The Morgan fingerprint density at radius 1 is 1.09 bits per heavy atom. The van der Waals surface area contributed by atoms with Crippen LogP contribution in [0.1, 0.15) is 24.0 Å². The minimum absolute atomic E-state index is 0.137. The van der Waals surface area contributed by atoms with Gasteiger partial charge in [0.2, 0.25) is 5.91 Å². The Labute approximate surface area is 136 Å². The first-order valence-electron chi connectivity index (χ1n) is 7.06. The molecule has 0 atom stereocenters. The van der Waals surface area contributed by atoms with E-state index >= 15 is 0 Å². The number of rotatable bonds is 3. The molecule has 3 rings (SSSR count). The van der Waals surface area contributed by atoms with E-state index in [-0.39, 0.29) is 11.6 Å².